The van der Waals surface area contributed by atoms with E-state index in [0.29, 0.717) is 16.6 Å². The van der Waals surface area contributed by atoms with E-state index < -0.39 is 0 Å². The average Bonchev–Trinajstić information content (AvgIpc) is 3.01. The van der Waals surface area contributed by atoms with Crippen LogP contribution in [0.25, 0.3) is 10.8 Å². The number of nitrogens with one attached hydrogen (secondary N) is 2. The van der Waals surface area contributed by atoms with Crippen LogP contribution in [0.5, 0.6) is 0 Å². The van der Waals surface area contributed by atoms with Crippen molar-refractivity contribution in [3.05, 3.63) is 47.6 Å². The molecule has 1 amide bonds. The van der Waals surface area contributed by atoms with Crippen molar-refractivity contribution in [2.24, 2.45) is 0 Å². The Hall–Kier alpha value is -2.47. The molecule has 0 atom stereocenters. The lowest BCUT2D eigenvalue weighted by Gasteiger charge is -2.05. The van der Waals surface area contributed by atoms with E-state index in [1.54, 1.807) is 12.4 Å². The predicted octanol–water partition coefficient (Wildman–Crippen LogP) is 3.57. The summed E-state index contributed by atoms with van der Waals surface area (Å²) in [6, 6.07) is 9.97. The molecular formula is C16H16N4OS. The summed E-state index contributed by atoms with van der Waals surface area (Å²) in [5.74, 6) is 0.659. The van der Waals surface area contributed by atoms with Gasteiger partial charge in [0.2, 0.25) is 0 Å². The van der Waals surface area contributed by atoms with E-state index >= 15 is 0 Å². The number of rotatable bonds is 5. The maximum atomic E-state index is 11.9. The van der Waals surface area contributed by atoms with Crippen molar-refractivity contribution in [3.63, 3.8) is 0 Å². The number of amides is 1. The SMILES string of the molecule is CCCNC(=O)c1cnc(Nc2nccc3ccccc23)s1. The fraction of sp³-hybridized carbons (Fsp3) is 0.188. The van der Waals surface area contributed by atoms with Gasteiger partial charge in [-0.15, -0.1) is 0 Å². The molecule has 0 unspecified atom stereocenters. The zero-order chi connectivity index (χ0) is 15.4. The molecule has 0 bridgehead atoms. The molecule has 2 N–H and O–H groups in total. The van der Waals surface area contributed by atoms with Crippen LogP contribution in [0.15, 0.2) is 42.7 Å². The highest BCUT2D eigenvalue weighted by Gasteiger charge is 2.11. The Balaban J connectivity index is 1.81. The van der Waals surface area contributed by atoms with Gasteiger partial charge in [0.15, 0.2) is 5.13 Å². The number of carbonyl (C=O) groups is 1. The number of carbonyl (C=O) groups excluding carboxylic acids is 1. The van der Waals surface area contributed by atoms with Crippen molar-refractivity contribution in [3.8, 4) is 0 Å². The lowest BCUT2D eigenvalue weighted by Crippen LogP contribution is -2.22. The molecule has 3 rings (SSSR count). The van der Waals surface area contributed by atoms with Gasteiger partial charge in [0.1, 0.15) is 10.7 Å². The van der Waals surface area contributed by atoms with Crippen LogP contribution >= 0.6 is 11.3 Å². The summed E-state index contributed by atoms with van der Waals surface area (Å²) in [5, 5.41) is 8.83. The van der Waals surface area contributed by atoms with Gasteiger partial charge < -0.3 is 10.6 Å². The molecule has 0 saturated heterocycles. The minimum atomic E-state index is -0.0849. The van der Waals surface area contributed by atoms with Gasteiger partial charge in [-0.25, -0.2) is 9.97 Å². The van der Waals surface area contributed by atoms with E-state index in [0.717, 1.165) is 23.0 Å². The van der Waals surface area contributed by atoms with Crippen LogP contribution in [0, 0.1) is 0 Å². The number of thiazole rings is 1. The first-order chi connectivity index (χ1) is 10.8. The smallest absolute Gasteiger partial charge is 0.263 e. The molecule has 1 aromatic carbocycles. The van der Waals surface area contributed by atoms with Crippen molar-refractivity contribution in [2.75, 3.05) is 11.9 Å². The van der Waals surface area contributed by atoms with E-state index in [1.807, 2.05) is 37.3 Å². The predicted molar refractivity (Wildman–Crippen MR) is 89.8 cm³/mol. The zero-order valence-electron chi connectivity index (χ0n) is 12.2. The fourth-order valence-electron chi connectivity index (χ4n) is 2.08. The molecule has 0 radical (unpaired) electrons. The summed E-state index contributed by atoms with van der Waals surface area (Å²) in [6.45, 7) is 2.69. The first kappa shape index (κ1) is 14.5. The molecule has 0 fully saturated rings. The van der Waals surface area contributed by atoms with E-state index in [-0.39, 0.29) is 5.91 Å². The number of fused-ring (bicyclic) bond motifs is 1. The lowest BCUT2D eigenvalue weighted by molar-refractivity contribution is 0.0957. The van der Waals surface area contributed by atoms with Gasteiger partial charge in [-0.2, -0.15) is 0 Å². The van der Waals surface area contributed by atoms with E-state index in [1.165, 1.54) is 11.3 Å². The summed E-state index contributed by atoms with van der Waals surface area (Å²) in [7, 11) is 0. The minimum Gasteiger partial charge on any atom is -0.351 e. The Morgan fingerprint density at radius 1 is 1.23 bits per heavy atom. The van der Waals surface area contributed by atoms with Gasteiger partial charge in [0.05, 0.1) is 6.20 Å². The Morgan fingerprint density at radius 3 is 2.95 bits per heavy atom. The molecule has 2 heterocycles. The second-order valence-electron chi connectivity index (χ2n) is 4.79. The highest BCUT2D eigenvalue weighted by atomic mass is 32.1. The molecular weight excluding hydrogens is 296 g/mol. The molecule has 22 heavy (non-hydrogen) atoms. The second-order valence-corrected chi connectivity index (χ2v) is 5.82. The fourth-order valence-corrected chi connectivity index (χ4v) is 2.81. The first-order valence-corrected chi connectivity index (χ1v) is 7.94. The zero-order valence-corrected chi connectivity index (χ0v) is 13.0. The van der Waals surface area contributed by atoms with Crippen LogP contribution in [-0.4, -0.2) is 22.4 Å². The molecule has 2 aromatic heterocycles. The Labute approximate surface area is 132 Å². The van der Waals surface area contributed by atoms with Gasteiger partial charge >= 0.3 is 0 Å². The Kier molecular flexibility index (Phi) is 4.29. The van der Waals surface area contributed by atoms with Gasteiger partial charge in [-0.05, 0) is 17.9 Å². The molecule has 0 saturated carbocycles. The molecule has 5 nitrogen and oxygen atoms in total. The highest BCUT2D eigenvalue weighted by molar-refractivity contribution is 7.17. The van der Waals surface area contributed by atoms with Crippen LogP contribution < -0.4 is 10.6 Å². The molecule has 0 spiro atoms. The number of pyridine rings is 1. The van der Waals surface area contributed by atoms with E-state index in [2.05, 4.69) is 20.6 Å². The van der Waals surface area contributed by atoms with Crippen LogP contribution in [0.3, 0.4) is 0 Å². The minimum absolute atomic E-state index is 0.0849. The largest absolute Gasteiger partial charge is 0.351 e. The van der Waals surface area contributed by atoms with Crippen molar-refractivity contribution in [2.45, 2.75) is 13.3 Å². The third kappa shape index (κ3) is 3.07. The van der Waals surface area contributed by atoms with Crippen molar-refractivity contribution in [1.82, 2.24) is 15.3 Å². The molecule has 0 aliphatic carbocycles. The van der Waals surface area contributed by atoms with Crippen LogP contribution in [-0.2, 0) is 0 Å². The van der Waals surface area contributed by atoms with Gasteiger partial charge in [0, 0.05) is 18.1 Å². The third-order valence-electron chi connectivity index (χ3n) is 3.16. The standard InChI is InChI=1S/C16H16N4OS/c1-2-8-18-15(21)13-10-19-16(22-13)20-14-12-6-4-3-5-11(12)7-9-17-14/h3-7,9-10H,2,8H2,1H3,(H,18,21)(H,17,19,20). The number of hydrogen-bond acceptors (Lipinski definition) is 5. The molecule has 0 aliphatic heterocycles. The van der Waals surface area contributed by atoms with Crippen molar-refractivity contribution in [1.29, 1.82) is 0 Å². The molecule has 3 aromatic rings. The van der Waals surface area contributed by atoms with Crippen LogP contribution in [0.2, 0.25) is 0 Å². The third-order valence-corrected chi connectivity index (χ3v) is 4.08. The number of benzene rings is 1. The van der Waals surface area contributed by atoms with Crippen LogP contribution in [0.1, 0.15) is 23.0 Å². The maximum absolute atomic E-state index is 11.9. The second kappa shape index (κ2) is 6.53. The normalized spacial score (nSPS) is 10.6. The number of hydrogen-bond donors (Lipinski definition) is 2. The number of aromatic nitrogens is 2. The Bertz CT molecular complexity index is 794. The summed E-state index contributed by atoms with van der Waals surface area (Å²) in [4.78, 5) is 21.1. The summed E-state index contributed by atoms with van der Waals surface area (Å²) in [6.07, 6.45) is 4.26. The average molecular weight is 312 g/mol. The summed E-state index contributed by atoms with van der Waals surface area (Å²) >= 11 is 1.32. The first-order valence-electron chi connectivity index (χ1n) is 7.12. The summed E-state index contributed by atoms with van der Waals surface area (Å²) < 4.78 is 0. The Morgan fingerprint density at radius 2 is 2.09 bits per heavy atom. The van der Waals surface area contributed by atoms with Crippen molar-refractivity contribution >= 4 is 39.0 Å². The topological polar surface area (TPSA) is 66.9 Å². The molecule has 112 valence electrons. The highest BCUT2D eigenvalue weighted by Crippen LogP contribution is 2.26. The van der Waals surface area contributed by atoms with Crippen molar-refractivity contribution < 1.29 is 4.79 Å². The maximum Gasteiger partial charge on any atom is 0.263 e. The quantitative estimate of drug-likeness (QED) is 0.756. The van der Waals surface area contributed by atoms with Gasteiger partial charge in [-0.3, -0.25) is 4.79 Å². The number of nitrogens with zero attached hydrogens (tertiary/aromatic N) is 2. The van der Waals surface area contributed by atoms with E-state index in [4.69, 9.17) is 0 Å². The van der Waals surface area contributed by atoms with E-state index in [9.17, 15) is 4.79 Å². The molecule has 6 heteroatoms. The number of anilines is 2. The molecule has 0 aliphatic rings. The summed E-state index contributed by atoms with van der Waals surface area (Å²) in [5.41, 5.74) is 0. The monoisotopic (exact) mass is 312 g/mol. The lowest BCUT2D eigenvalue weighted by atomic mass is 10.2. The van der Waals surface area contributed by atoms with Gasteiger partial charge in [0.25, 0.3) is 5.91 Å². The van der Waals surface area contributed by atoms with Gasteiger partial charge in [-0.1, -0.05) is 42.5 Å². The van der Waals surface area contributed by atoms with Crippen LogP contribution in [0.4, 0.5) is 10.9 Å².